The predicted octanol–water partition coefficient (Wildman–Crippen LogP) is 1.57. The highest BCUT2D eigenvalue weighted by atomic mass is 15.4. The van der Waals surface area contributed by atoms with Gasteiger partial charge in [-0.1, -0.05) is 5.21 Å². The third-order valence-electron chi connectivity index (χ3n) is 4.04. The molecule has 0 saturated carbocycles. The Balaban J connectivity index is 1.76. The van der Waals surface area contributed by atoms with Crippen LogP contribution < -0.4 is 5.32 Å². The molecule has 1 unspecified atom stereocenters. The molecule has 0 aromatic carbocycles. The van der Waals surface area contributed by atoms with Crippen LogP contribution in [0.25, 0.3) is 0 Å². The van der Waals surface area contributed by atoms with E-state index in [2.05, 4.69) is 64.6 Å². The number of hydrogen-bond donors (Lipinski definition) is 1. The molecular weight excluding hydrogens is 276 g/mol. The number of aromatic nitrogens is 4. The largest absolute Gasteiger partial charge is 0.314 e. The smallest absolute Gasteiger partial charge is 0.0967 e. The Kier molecular flexibility index (Phi) is 4.22. The maximum Gasteiger partial charge on any atom is 0.0967 e. The average Bonchev–Trinajstić information content (AvgIpc) is 2.97. The fourth-order valence-corrected chi connectivity index (χ4v) is 2.76. The Bertz CT molecular complexity index is 601. The van der Waals surface area contributed by atoms with Crippen molar-refractivity contribution in [3.63, 3.8) is 0 Å². The third-order valence-corrected chi connectivity index (χ3v) is 4.04. The van der Waals surface area contributed by atoms with E-state index in [1.165, 1.54) is 5.56 Å². The molecule has 1 N–H and O–H groups in total. The molecule has 22 heavy (non-hydrogen) atoms. The molecular formula is C16H24N6. The standard InChI is InChI=1S/C16H24N6/c1-16(2,3)22-12-14(19-20-22)11-21-9-8-18-10-15(21)13-4-6-17-7-5-13/h4-7,12,15,18H,8-11H2,1-3H3. The van der Waals surface area contributed by atoms with Gasteiger partial charge in [0.25, 0.3) is 0 Å². The van der Waals surface area contributed by atoms with Gasteiger partial charge in [0.2, 0.25) is 0 Å². The fourth-order valence-electron chi connectivity index (χ4n) is 2.76. The SMILES string of the molecule is CC(C)(C)n1cc(CN2CCNCC2c2ccncc2)nn1. The lowest BCUT2D eigenvalue weighted by molar-refractivity contribution is 0.152. The molecule has 118 valence electrons. The molecule has 2 aromatic heterocycles. The molecule has 0 spiro atoms. The van der Waals surface area contributed by atoms with Gasteiger partial charge in [0.15, 0.2) is 0 Å². The van der Waals surface area contributed by atoms with Gasteiger partial charge in [-0.15, -0.1) is 5.10 Å². The van der Waals surface area contributed by atoms with Crippen LogP contribution in [0.4, 0.5) is 0 Å². The van der Waals surface area contributed by atoms with E-state index >= 15 is 0 Å². The number of rotatable bonds is 3. The van der Waals surface area contributed by atoms with Gasteiger partial charge in [-0.25, -0.2) is 4.68 Å². The van der Waals surface area contributed by atoms with Gasteiger partial charge in [-0.05, 0) is 38.5 Å². The maximum atomic E-state index is 4.34. The first-order valence-electron chi connectivity index (χ1n) is 7.80. The van der Waals surface area contributed by atoms with Crippen LogP contribution in [-0.2, 0) is 12.1 Å². The lowest BCUT2D eigenvalue weighted by atomic mass is 10.0. The fraction of sp³-hybridized carbons (Fsp3) is 0.562. The molecule has 0 aliphatic carbocycles. The zero-order valence-corrected chi connectivity index (χ0v) is 13.5. The number of hydrogen-bond acceptors (Lipinski definition) is 5. The van der Waals surface area contributed by atoms with E-state index in [1.54, 1.807) is 0 Å². The molecule has 2 aromatic rings. The van der Waals surface area contributed by atoms with Crippen LogP contribution in [0.2, 0.25) is 0 Å². The van der Waals surface area contributed by atoms with Crippen molar-refractivity contribution in [2.45, 2.75) is 38.9 Å². The van der Waals surface area contributed by atoms with Gasteiger partial charge in [-0.3, -0.25) is 9.88 Å². The Morgan fingerprint density at radius 2 is 2.05 bits per heavy atom. The van der Waals surface area contributed by atoms with Gasteiger partial charge in [0.1, 0.15) is 0 Å². The molecule has 6 heteroatoms. The van der Waals surface area contributed by atoms with Crippen LogP contribution in [0.15, 0.2) is 30.7 Å². The van der Waals surface area contributed by atoms with Crippen molar-refractivity contribution in [3.05, 3.63) is 42.0 Å². The van der Waals surface area contributed by atoms with Gasteiger partial charge < -0.3 is 5.32 Å². The zero-order valence-electron chi connectivity index (χ0n) is 13.5. The quantitative estimate of drug-likeness (QED) is 0.932. The lowest BCUT2D eigenvalue weighted by Gasteiger charge is -2.35. The topological polar surface area (TPSA) is 58.9 Å². The van der Waals surface area contributed by atoms with Crippen molar-refractivity contribution in [3.8, 4) is 0 Å². The lowest BCUT2D eigenvalue weighted by Crippen LogP contribution is -2.45. The van der Waals surface area contributed by atoms with E-state index in [9.17, 15) is 0 Å². The Labute approximate surface area is 131 Å². The summed E-state index contributed by atoms with van der Waals surface area (Å²) < 4.78 is 1.94. The Hall–Kier alpha value is -1.79. The normalized spacial score (nSPS) is 20.2. The van der Waals surface area contributed by atoms with Crippen molar-refractivity contribution in [2.24, 2.45) is 0 Å². The van der Waals surface area contributed by atoms with Crippen LogP contribution in [-0.4, -0.2) is 44.5 Å². The van der Waals surface area contributed by atoms with E-state index in [0.29, 0.717) is 6.04 Å². The van der Waals surface area contributed by atoms with Crippen molar-refractivity contribution >= 4 is 0 Å². The summed E-state index contributed by atoms with van der Waals surface area (Å²) in [6.07, 6.45) is 5.78. The van der Waals surface area contributed by atoms with Crippen LogP contribution in [0.3, 0.4) is 0 Å². The van der Waals surface area contributed by atoms with Gasteiger partial charge >= 0.3 is 0 Å². The summed E-state index contributed by atoms with van der Waals surface area (Å²) in [7, 11) is 0. The van der Waals surface area contributed by atoms with Gasteiger partial charge in [-0.2, -0.15) is 0 Å². The zero-order chi connectivity index (χ0) is 15.6. The molecule has 1 aliphatic rings. The van der Waals surface area contributed by atoms with Gasteiger partial charge in [0, 0.05) is 44.6 Å². The summed E-state index contributed by atoms with van der Waals surface area (Å²) in [6, 6.07) is 4.55. The summed E-state index contributed by atoms with van der Waals surface area (Å²) in [4.78, 5) is 6.58. The molecule has 3 rings (SSSR count). The predicted molar refractivity (Wildman–Crippen MR) is 85.3 cm³/mol. The van der Waals surface area contributed by atoms with Crippen molar-refractivity contribution < 1.29 is 0 Å². The minimum Gasteiger partial charge on any atom is -0.314 e. The molecule has 0 bridgehead atoms. The van der Waals surface area contributed by atoms with E-state index in [4.69, 9.17) is 0 Å². The van der Waals surface area contributed by atoms with Crippen LogP contribution in [0.5, 0.6) is 0 Å². The first kappa shape index (κ1) is 15.1. The van der Waals surface area contributed by atoms with Crippen molar-refractivity contribution in [1.82, 2.24) is 30.2 Å². The average molecular weight is 300 g/mol. The molecule has 6 nitrogen and oxygen atoms in total. The molecule has 0 radical (unpaired) electrons. The molecule has 0 amide bonds. The number of pyridine rings is 1. The van der Waals surface area contributed by atoms with Crippen molar-refractivity contribution in [2.75, 3.05) is 19.6 Å². The second-order valence-corrected chi connectivity index (χ2v) is 6.80. The first-order valence-corrected chi connectivity index (χ1v) is 7.80. The van der Waals surface area contributed by atoms with Crippen LogP contribution in [0, 0.1) is 0 Å². The molecule has 1 atom stereocenters. The highest BCUT2D eigenvalue weighted by molar-refractivity contribution is 5.17. The maximum absolute atomic E-state index is 4.34. The summed E-state index contributed by atoms with van der Waals surface area (Å²) in [6.45, 7) is 10.2. The van der Waals surface area contributed by atoms with Gasteiger partial charge in [0.05, 0.1) is 17.4 Å². The van der Waals surface area contributed by atoms with E-state index in [0.717, 1.165) is 31.9 Å². The molecule has 1 fully saturated rings. The summed E-state index contributed by atoms with van der Waals surface area (Å²) in [5.74, 6) is 0. The van der Waals surface area contributed by atoms with Crippen LogP contribution >= 0.6 is 0 Å². The van der Waals surface area contributed by atoms with E-state index in [-0.39, 0.29) is 5.54 Å². The molecule has 1 saturated heterocycles. The second-order valence-electron chi connectivity index (χ2n) is 6.80. The van der Waals surface area contributed by atoms with E-state index < -0.39 is 0 Å². The Morgan fingerprint density at radius 1 is 1.27 bits per heavy atom. The van der Waals surface area contributed by atoms with Crippen LogP contribution in [0.1, 0.15) is 38.1 Å². The molecule has 1 aliphatic heterocycles. The highest BCUT2D eigenvalue weighted by Gasteiger charge is 2.25. The summed E-state index contributed by atoms with van der Waals surface area (Å²) in [5, 5.41) is 12.1. The van der Waals surface area contributed by atoms with Crippen molar-refractivity contribution in [1.29, 1.82) is 0 Å². The summed E-state index contributed by atoms with van der Waals surface area (Å²) in [5.41, 5.74) is 2.29. The number of piperazine rings is 1. The monoisotopic (exact) mass is 300 g/mol. The van der Waals surface area contributed by atoms with E-state index in [1.807, 2.05) is 17.1 Å². The number of nitrogens with zero attached hydrogens (tertiary/aromatic N) is 5. The third kappa shape index (κ3) is 3.34. The second kappa shape index (κ2) is 6.14. The Morgan fingerprint density at radius 3 is 2.73 bits per heavy atom. The minimum absolute atomic E-state index is 0.0286. The molecule has 3 heterocycles. The summed E-state index contributed by atoms with van der Waals surface area (Å²) >= 11 is 0. The minimum atomic E-state index is -0.0286. The highest BCUT2D eigenvalue weighted by Crippen LogP contribution is 2.23. The number of nitrogens with one attached hydrogen (secondary N) is 1. The first-order chi connectivity index (χ1) is 10.5.